The van der Waals surface area contributed by atoms with Crippen LogP contribution in [0, 0.1) is 13.8 Å². The Morgan fingerprint density at radius 2 is 2.00 bits per heavy atom. The summed E-state index contributed by atoms with van der Waals surface area (Å²) >= 11 is 0. The van der Waals surface area contributed by atoms with E-state index in [2.05, 4.69) is 55.2 Å². The predicted octanol–water partition coefficient (Wildman–Crippen LogP) is 4.36. The summed E-state index contributed by atoms with van der Waals surface area (Å²) in [6.07, 6.45) is 4.39. The highest BCUT2D eigenvalue weighted by molar-refractivity contribution is 6.11. The number of aromatic amines is 1. The van der Waals surface area contributed by atoms with Crippen molar-refractivity contribution in [3.8, 4) is 5.75 Å². The highest BCUT2D eigenvalue weighted by Crippen LogP contribution is 2.38. The SMILES string of the molecule is COc1ccc2[nH]c3c(C)c4c(c(C)c3c2c1)CN(C)C=C4. The van der Waals surface area contributed by atoms with Crippen LogP contribution in [0.3, 0.4) is 0 Å². The molecule has 0 saturated carbocycles. The first-order valence-corrected chi connectivity index (χ1v) is 7.60. The fourth-order valence-electron chi connectivity index (χ4n) is 3.62. The number of nitrogens with one attached hydrogen (secondary N) is 1. The minimum absolute atomic E-state index is 0.903. The van der Waals surface area contributed by atoms with Crippen LogP contribution < -0.4 is 4.74 Å². The standard InChI is InChI=1S/C19H20N2O/c1-11-16-10-21(3)8-7-14(16)12(2)19-18(11)15-9-13(22-4)5-6-17(15)20-19/h5-9,20H,10H2,1-4H3. The van der Waals surface area contributed by atoms with Gasteiger partial charge in [0.2, 0.25) is 0 Å². The number of methoxy groups -OCH3 is 1. The molecular formula is C19H20N2O. The fourth-order valence-corrected chi connectivity index (χ4v) is 3.62. The number of aryl methyl sites for hydroxylation is 2. The van der Waals surface area contributed by atoms with Gasteiger partial charge in [0.25, 0.3) is 0 Å². The van der Waals surface area contributed by atoms with E-state index in [1.54, 1.807) is 7.11 Å². The first-order valence-electron chi connectivity index (χ1n) is 7.60. The van der Waals surface area contributed by atoms with Crippen LogP contribution in [0.2, 0.25) is 0 Å². The van der Waals surface area contributed by atoms with Gasteiger partial charge in [-0.1, -0.05) is 0 Å². The van der Waals surface area contributed by atoms with Gasteiger partial charge in [-0.15, -0.1) is 0 Å². The molecule has 0 saturated heterocycles. The van der Waals surface area contributed by atoms with Crippen molar-refractivity contribution in [3.63, 3.8) is 0 Å². The van der Waals surface area contributed by atoms with Gasteiger partial charge in [0.1, 0.15) is 5.75 Å². The van der Waals surface area contributed by atoms with E-state index in [1.807, 2.05) is 6.07 Å². The van der Waals surface area contributed by atoms with Crippen molar-refractivity contribution in [1.29, 1.82) is 0 Å². The Hall–Kier alpha value is -2.42. The lowest BCUT2D eigenvalue weighted by Crippen LogP contribution is -2.16. The van der Waals surface area contributed by atoms with E-state index in [4.69, 9.17) is 4.74 Å². The number of H-pyrrole nitrogens is 1. The van der Waals surface area contributed by atoms with Crippen molar-refractivity contribution in [3.05, 3.63) is 46.7 Å². The summed E-state index contributed by atoms with van der Waals surface area (Å²) in [7, 11) is 3.84. The molecule has 3 aromatic rings. The number of hydrogen-bond acceptors (Lipinski definition) is 2. The molecule has 1 aliphatic heterocycles. The molecule has 0 radical (unpaired) electrons. The average Bonchev–Trinajstić information content (AvgIpc) is 2.91. The van der Waals surface area contributed by atoms with E-state index in [1.165, 1.54) is 44.1 Å². The minimum Gasteiger partial charge on any atom is -0.497 e. The van der Waals surface area contributed by atoms with E-state index in [9.17, 15) is 0 Å². The number of hydrogen-bond donors (Lipinski definition) is 1. The zero-order valence-electron chi connectivity index (χ0n) is 13.4. The van der Waals surface area contributed by atoms with E-state index in [0.717, 1.165) is 12.3 Å². The van der Waals surface area contributed by atoms with Crippen LogP contribution >= 0.6 is 0 Å². The molecule has 2 aromatic carbocycles. The lowest BCUT2D eigenvalue weighted by molar-refractivity contribution is 0.415. The fraction of sp³-hybridized carbons (Fsp3) is 0.263. The quantitative estimate of drug-likeness (QED) is 0.721. The Morgan fingerprint density at radius 3 is 2.77 bits per heavy atom. The molecule has 112 valence electrons. The van der Waals surface area contributed by atoms with Crippen molar-refractivity contribution >= 4 is 27.9 Å². The van der Waals surface area contributed by atoms with Gasteiger partial charge in [-0.2, -0.15) is 0 Å². The van der Waals surface area contributed by atoms with Crippen LogP contribution in [0.25, 0.3) is 27.9 Å². The van der Waals surface area contributed by atoms with Crippen LogP contribution in [0.5, 0.6) is 5.75 Å². The normalized spacial score (nSPS) is 13.9. The molecule has 1 aliphatic rings. The molecule has 2 heterocycles. The smallest absolute Gasteiger partial charge is 0.119 e. The maximum absolute atomic E-state index is 5.41. The Bertz CT molecular complexity index is 934. The Morgan fingerprint density at radius 1 is 1.18 bits per heavy atom. The summed E-state index contributed by atoms with van der Waals surface area (Å²) < 4.78 is 5.41. The molecule has 3 heteroatoms. The van der Waals surface area contributed by atoms with Crippen LogP contribution in [0.15, 0.2) is 24.4 Å². The van der Waals surface area contributed by atoms with Crippen molar-refractivity contribution in [2.24, 2.45) is 0 Å². The lowest BCUT2D eigenvalue weighted by Gasteiger charge is -2.24. The van der Waals surface area contributed by atoms with Crippen LogP contribution in [0.4, 0.5) is 0 Å². The number of fused-ring (bicyclic) bond motifs is 4. The summed E-state index contributed by atoms with van der Waals surface area (Å²) in [5, 5.41) is 2.57. The monoisotopic (exact) mass is 292 g/mol. The minimum atomic E-state index is 0.903. The lowest BCUT2D eigenvalue weighted by atomic mass is 9.91. The van der Waals surface area contributed by atoms with Gasteiger partial charge in [-0.05, 0) is 66.6 Å². The van der Waals surface area contributed by atoms with Gasteiger partial charge in [-0.3, -0.25) is 0 Å². The van der Waals surface area contributed by atoms with Crippen molar-refractivity contribution in [2.45, 2.75) is 20.4 Å². The Kier molecular flexibility index (Phi) is 2.73. The molecule has 0 unspecified atom stereocenters. The first kappa shape index (κ1) is 13.3. The first-order chi connectivity index (χ1) is 10.6. The Labute approximate surface area is 130 Å². The van der Waals surface area contributed by atoms with E-state index >= 15 is 0 Å². The number of aromatic nitrogens is 1. The topological polar surface area (TPSA) is 28.3 Å². The molecule has 0 aliphatic carbocycles. The third-order valence-corrected chi connectivity index (χ3v) is 4.84. The summed E-state index contributed by atoms with van der Waals surface area (Å²) in [4.78, 5) is 5.83. The molecule has 1 aromatic heterocycles. The van der Waals surface area contributed by atoms with Gasteiger partial charge in [0.05, 0.1) is 12.6 Å². The van der Waals surface area contributed by atoms with Gasteiger partial charge in [0.15, 0.2) is 0 Å². The second kappa shape index (κ2) is 4.54. The zero-order chi connectivity index (χ0) is 15.4. The highest BCUT2D eigenvalue weighted by Gasteiger charge is 2.19. The third-order valence-electron chi connectivity index (χ3n) is 4.84. The predicted molar refractivity (Wildman–Crippen MR) is 92.3 cm³/mol. The molecular weight excluding hydrogens is 272 g/mol. The third kappa shape index (κ3) is 1.68. The van der Waals surface area contributed by atoms with Gasteiger partial charge < -0.3 is 14.6 Å². The van der Waals surface area contributed by atoms with Gasteiger partial charge in [0, 0.05) is 29.9 Å². The van der Waals surface area contributed by atoms with Crippen LogP contribution in [-0.4, -0.2) is 24.0 Å². The number of ether oxygens (including phenoxy) is 1. The summed E-state index contributed by atoms with van der Waals surface area (Å²) in [5.41, 5.74) is 7.90. The molecule has 0 fully saturated rings. The van der Waals surface area contributed by atoms with Crippen molar-refractivity contribution in [1.82, 2.24) is 9.88 Å². The summed E-state index contributed by atoms with van der Waals surface area (Å²) in [5.74, 6) is 0.903. The van der Waals surface area contributed by atoms with Crippen molar-refractivity contribution in [2.75, 3.05) is 14.2 Å². The van der Waals surface area contributed by atoms with Crippen molar-refractivity contribution < 1.29 is 4.74 Å². The summed E-state index contributed by atoms with van der Waals surface area (Å²) in [6, 6.07) is 6.25. The number of rotatable bonds is 1. The molecule has 3 nitrogen and oxygen atoms in total. The van der Waals surface area contributed by atoms with Gasteiger partial charge >= 0.3 is 0 Å². The highest BCUT2D eigenvalue weighted by atomic mass is 16.5. The molecule has 0 atom stereocenters. The maximum atomic E-state index is 5.41. The Balaban J connectivity index is 2.16. The number of benzene rings is 2. The maximum Gasteiger partial charge on any atom is 0.119 e. The molecule has 22 heavy (non-hydrogen) atoms. The van der Waals surface area contributed by atoms with E-state index in [0.29, 0.717) is 0 Å². The average molecular weight is 292 g/mol. The molecule has 0 bridgehead atoms. The largest absolute Gasteiger partial charge is 0.497 e. The molecule has 0 amide bonds. The van der Waals surface area contributed by atoms with Gasteiger partial charge in [-0.25, -0.2) is 0 Å². The molecule has 0 spiro atoms. The zero-order valence-corrected chi connectivity index (χ0v) is 13.4. The molecule has 4 rings (SSSR count). The van der Waals surface area contributed by atoms with Crippen LogP contribution in [0.1, 0.15) is 22.3 Å². The summed E-state index contributed by atoms with van der Waals surface area (Å²) in [6.45, 7) is 5.41. The number of nitrogens with zero attached hydrogens (tertiary/aromatic N) is 1. The second-order valence-electron chi connectivity index (χ2n) is 6.16. The van der Waals surface area contributed by atoms with Crippen LogP contribution in [-0.2, 0) is 6.54 Å². The van der Waals surface area contributed by atoms with E-state index < -0.39 is 0 Å². The second-order valence-corrected chi connectivity index (χ2v) is 6.16. The molecule has 1 N–H and O–H groups in total. The van der Waals surface area contributed by atoms with E-state index in [-0.39, 0.29) is 0 Å².